The molecule has 1 N–H and O–H groups in total. The van der Waals surface area contributed by atoms with E-state index in [1.807, 2.05) is 13.8 Å². The van der Waals surface area contributed by atoms with Gasteiger partial charge in [0.05, 0.1) is 5.56 Å². The van der Waals surface area contributed by atoms with E-state index in [0.29, 0.717) is 18.0 Å². The molecule has 1 aromatic rings. The molecule has 0 saturated carbocycles. The first-order valence-electron chi connectivity index (χ1n) is 6.27. The van der Waals surface area contributed by atoms with Crippen LogP contribution in [0.4, 0.5) is 5.82 Å². The van der Waals surface area contributed by atoms with E-state index in [-0.39, 0.29) is 17.9 Å². The number of pyridine rings is 1. The van der Waals surface area contributed by atoms with Crippen molar-refractivity contribution in [3.8, 4) is 0 Å². The monoisotopic (exact) mass is 279 g/mol. The molecule has 0 radical (unpaired) electrons. The largest absolute Gasteiger partial charge is 0.364 e. The van der Waals surface area contributed by atoms with Gasteiger partial charge in [-0.25, -0.2) is 0 Å². The summed E-state index contributed by atoms with van der Waals surface area (Å²) in [7, 11) is 0. The Balaban J connectivity index is 2.77. The van der Waals surface area contributed by atoms with Gasteiger partial charge in [-0.05, 0) is 28.3 Å². The molecule has 1 rings (SSSR count). The van der Waals surface area contributed by atoms with E-state index >= 15 is 0 Å². The van der Waals surface area contributed by atoms with Gasteiger partial charge < -0.3 is 10.1 Å². The summed E-state index contributed by atoms with van der Waals surface area (Å²) in [5.74, 6) is -1.09. The van der Waals surface area contributed by atoms with Crippen molar-refractivity contribution in [2.24, 2.45) is 5.92 Å². The van der Waals surface area contributed by atoms with Crippen LogP contribution >= 0.6 is 0 Å². The highest BCUT2D eigenvalue weighted by molar-refractivity contribution is 6.04. The normalized spacial score (nSPS) is 10.4. The van der Waals surface area contributed by atoms with Gasteiger partial charge in [0.2, 0.25) is 5.91 Å². The topological polar surface area (TPSA) is 102 Å². The molecule has 108 valence electrons. The van der Waals surface area contributed by atoms with Gasteiger partial charge in [-0.2, -0.15) is 0 Å². The van der Waals surface area contributed by atoms with Gasteiger partial charge in [-0.3, -0.25) is 14.9 Å². The molecule has 1 aromatic heterocycles. The van der Waals surface area contributed by atoms with Gasteiger partial charge in [0.1, 0.15) is 0 Å². The number of nitrogens with zero attached hydrogens (tertiary/aromatic N) is 2. The highest BCUT2D eigenvalue weighted by atomic mass is 16.6. The first-order chi connectivity index (χ1) is 9.29. The number of rotatable bonds is 5. The quantitative estimate of drug-likeness (QED) is 0.656. The van der Waals surface area contributed by atoms with Crippen molar-refractivity contribution >= 4 is 17.6 Å². The van der Waals surface area contributed by atoms with E-state index in [0.717, 1.165) is 6.07 Å². The lowest BCUT2D eigenvalue weighted by Gasteiger charge is -2.06. The van der Waals surface area contributed by atoms with E-state index in [9.17, 15) is 19.7 Å². The van der Waals surface area contributed by atoms with Crippen LogP contribution in [0.3, 0.4) is 0 Å². The van der Waals surface area contributed by atoms with E-state index in [2.05, 4.69) is 10.3 Å². The summed E-state index contributed by atoms with van der Waals surface area (Å²) < 4.78 is 0. The number of amides is 2. The third kappa shape index (κ3) is 4.75. The molecule has 0 bridgehead atoms. The maximum absolute atomic E-state index is 11.8. The first kappa shape index (κ1) is 15.7. The molecule has 0 spiro atoms. The van der Waals surface area contributed by atoms with Gasteiger partial charge in [0, 0.05) is 19.4 Å². The molecule has 1 heterocycles. The summed E-state index contributed by atoms with van der Waals surface area (Å²) in [5.41, 5.74) is 0.404. The lowest BCUT2D eigenvalue weighted by molar-refractivity contribution is -0.389. The summed E-state index contributed by atoms with van der Waals surface area (Å²) in [6, 6.07) is 2.45. The van der Waals surface area contributed by atoms with Crippen molar-refractivity contribution in [3.05, 3.63) is 33.5 Å². The lowest BCUT2D eigenvalue weighted by atomic mass is 10.1. The Labute approximate surface area is 116 Å². The standard InChI is InChI=1S/C13H17N3O4/c1-8(2)4-5-12(17)15-13(18)10-6-9(3)14-11(7-10)16(19)20/h6-8H,4-5H2,1-3H3,(H,15,17,18). The number of nitrogens with one attached hydrogen (secondary N) is 1. The SMILES string of the molecule is Cc1cc(C(=O)NC(=O)CCC(C)C)cc([N+](=O)[O-])n1. The Hall–Kier alpha value is -2.31. The van der Waals surface area contributed by atoms with Crippen LogP contribution in [0.25, 0.3) is 0 Å². The average Bonchev–Trinajstić information content (AvgIpc) is 2.35. The van der Waals surface area contributed by atoms with Crippen LogP contribution in [0.15, 0.2) is 12.1 Å². The third-order valence-corrected chi connectivity index (χ3v) is 2.59. The second kappa shape index (κ2) is 6.74. The van der Waals surface area contributed by atoms with Crippen LogP contribution in [0, 0.1) is 23.0 Å². The molecule has 7 nitrogen and oxygen atoms in total. The molecule has 0 aliphatic carbocycles. The van der Waals surface area contributed by atoms with Gasteiger partial charge in [-0.1, -0.05) is 13.8 Å². The molecule has 2 amide bonds. The van der Waals surface area contributed by atoms with Crippen molar-refractivity contribution in [1.82, 2.24) is 10.3 Å². The predicted molar refractivity (Wildman–Crippen MR) is 72.2 cm³/mol. The van der Waals surface area contributed by atoms with Crippen LogP contribution in [0.1, 0.15) is 42.7 Å². The zero-order valence-electron chi connectivity index (χ0n) is 11.7. The zero-order chi connectivity index (χ0) is 15.3. The van der Waals surface area contributed by atoms with Crippen molar-refractivity contribution in [3.63, 3.8) is 0 Å². The van der Waals surface area contributed by atoms with Crippen molar-refractivity contribution in [2.45, 2.75) is 33.6 Å². The van der Waals surface area contributed by atoms with Crippen LogP contribution in [0.2, 0.25) is 0 Å². The fourth-order valence-electron chi connectivity index (χ4n) is 1.56. The number of aryl methyl sites for hydroxylation is 1. The van der Waals surface area contributed by atoms with Crippen LogP contribution in [-0.4, -0.2) is 21.7 Å². The first-order valence-corrected chi connectivity index (χ1v) is 6.27. The predicted octanol–water partition coefficient (Wildman–Crippen LogP) is 1.99. The average molecular weight is 279 g/mol. The number of imide groups is 1. The fourth-order valence-corrected chi connectivity index (χ4v) is 1.56. The molecule has 0 saturated heterocycles. The number of hydrogen-bond acceptors (Lipinski definition) is 5. The Morgan fingerprint density at radius 2 is 2.05 bits per heavy atom. The van der Waals surface area contributed by atoms with Gasteiger partial charge >= 0.3 is 5.82 Å². The molecule has 0 aromatic carbocycles. The molecule has 0 aliphatic heterocycles. The Bertz CT molecular complexity index is 540. The van der Waals surface area contributed by atoms with E-state index < -0.39 is 16.6 Å². The number of carbonyl (C=O) groups is 2. The molecule has 0 atom stereocenters. The molecular formula is C13H17N3O4. The Morgan fingerprint density at radius 3 is 2.60 bits per heavy atom. The van der Waals surface area contributed by atoms with Crippen LogP contribution in [0.5, 0.6) is 0 Å². The molecule has 0 aliphatic rings. The highest BCUT2D eigenvalue weighted by Gasteiger charge is 2.17. The number of nitro groups is 1. The smallest absolute Gasteiger partial charge is 0.358 e. The Morgan fingerprint density at radius 1 is 1.40 bits per heavy atom. The summed E-state index contributed by atoms with van der Waals surface area (Å²) >= 11 is 0. The second-order valence-corrected chi connectivity index (χ2v) is 4.92. The minimum atomic E-state index is -0.676. The summed E-state index contributed by atoms with van der Waals surface area (Å²) in [6.07, 6.45) is 0.921. The van der Waals surface area contributed by atoms with Crippen molar-refractivity contribution in [1.29, 1.82) is 0 Å². The molecule has 7 heteroatoms. The van der Waals surface area contributed by atoms with Gasteiger partial charge in [-0.15, -0.1) is 0 Å². The van der Waals surface area contributed by atoms with E-state index in [1.54, 1.807) is 6.92 Å². The fraction of sp³-hybridized carbons (Fsp3) is 0.462. The van der Waals surface area contributed by atoms with Crippen molar-refractivity contribution in [2.75, 3.05) is 0 Å². The maximum atomic E-state index is 11.8. The molecule has 0 fully saturated rings. The Kier molecular flexibility index (Phi) is 5.31. The van der Waals surface area contributed by atoms with Crippen LogP contribution < -0.4 is 5.32 Å². The minimum Gasteiger partial charge on any atom is -0.358 e. The van der Waals surface area contributed by atoms with Crippen molar-refractivity contribution < 1.29 is 14.5 Å². The maximum Gasteiger partial charge on any atom is 0.364 e. The molecule has 20 heavy (non-hydrogen) atoms. The van der Waals surface area contributed by atoms with Crippen LogP contribution in [-0.2, 0) is 4.79 Å². The summed E-state index contributed by atoms with van der Waals surface area (Å²) in [5, 5.41) is 12.9. The minimum absolute atomic E-state index is 0.0575. The van der Waals surface area contributed by atoms with E-state index in [1.165, 1.54) is 6.07 Å². The number of carbonyl (C=O) groups excluding carboxylic acids is 2. The lowest BCUT2D eigenvalue weighted by Crippen LogP contribution is -2.30. The zero-order valence-corrected chi connectivity index (χ0v) is 11.7. The third-order valence-electron chi connectivity index (χ3n) is 2.59. The number of hydrogen-bond donors (Lipinski definition) is 1. The summed E-state index contributed by atoms with van der Waals surface area (Å²) in [6.45, 7) is 5.50. The molecule has 0 unspecified atom stereocenters. The second-order valence-electron chi connectivity index (χ2n) is 4.92. The molecular weight excluding hydrogens is 262 g/mol. The van der Waals surface area contributed by atoms with E-state index in [4.69, 9.17) is 0 Å². The number of aromatic nitrogens is 1. The van der Waals surface area contributed by atoms with Gasteiger partial charge in [0.15, 0.2) is 5.69 Å². The van der Waals surface area contributed by atoms with Gasteiger partial charge in [0.25, 0.3) is 5.91 Å². The summed E-state index contributed by atoms with van der Waals surface area (Å²) in [4.78, 5) is 37.1. The highest BCUT2D eigenvalue weighted by Crippen LogP contribution is 2.12.